The van der Waals surface area contributed by atoms with Crippen LogP contribution in [0.15, 0.2) is 4.99 Å². The van der Waals surface area contributed by atoms with Gasteiger partial charge in [-0.3, -0.25) is 0 Å². The van der Waals surface area contributed by atoms with Crippen LogP contribution in [0.25, 0.3) is 0 Å². The highest BCUT2D eigenvalue weighted by Gasteiger charge is 2.74. The quantitative estimate of drug-likeness (QED) is 0.251. The average Bonchev–Trinajstić information content (AvgIpc) is 2.44. The standard InChI is InChI=1S/C12H16F8N2O/c13-9(14)11(17,18)12(19,20)10(15,16)7-21-5-3-1-2-4-6-22-8-23/h9,21H,1-7H2. The maximum atomic E-state index is 13.1. The van der Waals surface area contributed by atoms with Gasteiger partial charge in [0.2, 0.25) is 6.08 Å². The molecule has 0 atom stereocenters. The van der Waals surface area contributed by atoms with Gasteiger partial charge in [0.1, 0.15) is 0 Å². The number of aliphatic imine (C=N–C) groups is 1. The van der Waals surface area contributed by atoms with Crippen LogP contribution in [0.3, 0.4) is 0 Å². The van der Waals surface area contributed by atoms with Crippen LogP contribution in [0.2, 0.25) is 0 Å². The van der Waals surface area contributed by atoms with Gasteiger partial charge in [-0.2, -0.15) is 26.3 Å². The molecule has 0 aliphatic carbocycles. The molecule has 0 amide bonds. The smallest absolute Gasteiger partial charge is 0.311 e. The molecule has 0 saturated heterocycles. The molecule has 3 nitrogen and oxygen atoms in total. The molecule has 11 heteroatoms. The predicted molar refractivity (Wildman–Crippen MR) is 65.2 cm³/mol. The highest BCUT2D eigenvalue weighted by molar-refractivity contribution is 5.32. The molecule has 0 aliphatic heterocycles. The zero-order valence-corrected chi connectivity index (χ0v) is 11.9. The zero-order chi connectivity index (χ0) is 18.1. The summed E-state index contributed by atoms with van der Waals surface area (Å²) in [5.74, 6) is -17.6. The van der Waals surface area contributed by atoms with Crippen LogP contribution in [-0.4, -0.2) is 49.9 Å². The van der Waals surface area contributed by atoms with E-state index in [4.69, 9.17) is 0 Å². The SMILES string of the molecule is O=C=NCCCCCCNCC(F)(F)C(F)(F)C(F)(F)C(F)F. The fourth-order valence-electron chi connectivity index (χ4n) is 1.58. The molecule has 0 aromatic rings. The Balaban J connectivity index is 4.20. The van der Waals surface area contributed by atoms with Crippen molar-refractivity contribution >= 4 is 6.08 Å². The first-order chi connectivity index (χ1) is 10.5. The van der Waals surface area contributed by atoms with E-state index in [-0.39, 0.29) is 19.5 Å². The van der Waals surface area contributed by atoms with E-state index >= 15 is 0 Å². The molecular weight excluding hydrogens is 340 g/mol. The van der Waals surface area contributed by atoms with E-state index in [1.807, 2.05) is 5.32 Å². The molecule has 0 unspecified atom stereocenters. The first kappa shape index (κ1) is 21.8. The Hall–Kier alpha value is -1.22. The van der Waals surface area contributed by atoms with Crippen molar-refractivity contribution < 1.29 is 39.9 Å². The van der Waals surface area contributed by atoms with Crippen LogP contribution in [0.4, 0.5) is 35.1 Å². The van der Waals surface area contributed by atoms with Crippen molar-refractivity contribution in [2.45, 2.75) is 49.9 Å². The summed E-state index contributed by atoms with van der Waals surface area (Å²) in [4.78, 5) is 13.0. The number of alkyl halides is 8. The average molecular weight is 356 g/mol. The first-order valence-corrected chi connectivity index (χ1v) is 6.66. The summed E-state index contributed by atoms with van der Waals surface area (Å²) in [7, 11) is 0. The second kappa shape index (κ2) is 9.17. The van der Waals surface area contributed by atoms with Crippen LogP contribution >= 0.6 is 0 Å². The Morgan fingerprint density at radius 1 is 0.957 bits per heavy atom. The van der Waals surface area contributed by atoms with E-state index in [0.29, 0.717) is 19.3 Å². The van der Waals surface area contributed by atoms with Gasteiger partial charge in [0.15, 0.2) is 0 Å². The second-order valence-electron chi connectivity index (χ2n) is 4.77. The minimum Gasteiger partial charge on any atom is -0.311 e. The predicted octanol–water partition coefficient (Wildman–Crippen LogP) is 3.64. The molecular formula is C12H16F8N2O. The maximum Gasteiger partial charge on any atom is 0.379 e. The zero-order valence-electron chi connectivity index (χ0n) is 11.9. The lowest BCUT2D eigenvalue weighted by Gasteiger charge is -2.32. The largest absolute Gasteiger partial charge is 0.379 e. The van der Waals surface area contributed by atoms with E-state index in [1.54, 1.807) is 0 Å². The number of unbranched alkanes of at least 4 members (excludes halogenated alkanes) is 3. The summed E-state index contributed by atoms with van der Waals surface area (Å²) in [5, 5.41) is 1.85. The summed E-state index contributed by atoms with van der Waals surface area (Å²) >= 11 is 0. The van der Waals surface area contributed by atoms with Gasteiger partial charge in [-0.1, -0.05) is 12.8 Å². The molecule has 0 spiro atoms. The minimum atomic E-state index is -6.17. The Labute approximate surface area is 127 Å². The summed E-state index contributed by atoms with van der Waals surface area (Å²) < 4.78 is 101. The Morgan fingerprint density at radius 3 is 2.04 bits per heavy atom. The molecule has 0 bridgehead atoms. The minimum absolute atomic E-state index is 0.178. The summed E-state index contributed by atoms with van der Waals surface area (Å²) in [6.45, 7) is -1.77. The molecule has 0 aromatic heterocycles. The number of hydrogen-bond acceptors (Lipinski definition) is 3. The molecule has 0 heterocycles. The summed E-state index contributed by atoms with van der Waals surface area (Å²) in [6.07, 6.45) is -1.68. The number of hydrogen-bond donors (Lipinski definition) is 1. The van der Waals surface area contributed by atoms with Crippen molar-refractivity contribution in [2.75, 3.05) is 19.6 Å². The Kier molecular flexibility index (Phi) is 8.68. The van der Waals surface area contributed by atoms with Crippen LogP contribution in [0, 0.1) is 0 Å². The van der Waals surface area contributed by atoms with Crippen molar-refractivity contribution in [3.8, 4) is 0 Å². The molecule has 23 heavy (non-hydrogen) atoms. The number of isocyanates is 1. The number of nitrogens with one attached hydrogen (secondary N) is 1. The third-order valence-electron chi connectivity index (χ3n) is 2.94. The van der Waals surface area contributed by atoms with Gasteiger partial charge >= 0.3 is 24.2 Å². The fraction of sp³-hybridized carbons (Fsp3) is 0.917. The Morgan fingerprint density at radius 2 is 1.52 bits per heavy atom. The molecule has 136 valence electrons. The van der Waals surface area contributed by atoms with Gasteiger partial charge in [-0.15, -0.1) is 0 Å². The van der Waals surface area contributed by atoms with E-state index in [1.165, 1.54) is 6.08 Å². The molecule has 0 saturated carbocycles. The molecule has 0 aliphatic rings. The fourth-order valence-corrected chi connectivity index (χ4v) is 1.58. The molecule has 0 fully saturated rings. The first-order valence-electron chi connectivity index (χ1n) is 6.66. The van der Waals surface area contributed by atoms with E-state index in [0.717, 1.165) is 0 Å². The van der Waals surface area contributed by atoms with Gasteiger partial charge < -0.3 is 5.32 Å². The maximum absolute atomic E-state index is 13.1. The van der Waals surface area contributed by atoms with E-state index in [9.17, 15) is 39.9 Å². The highest BCUT2D eigenvalue weighted by atomic mass is 19.4. The molecule has 0 radical (unpaired) electrons. The normalized spacial score (nSPS) is 13.3. The van der Waals surface area contributed by atoms with Crippen molar-refractivity contribution in [3.05, 3.63) is 0 Å². The van der Waals surface area contributed by atoms with Crippen LogP contribution in [0.1, 0.15) is 25.7 Å². The molecule has 0 aromatic carbocycles. The van der Waals surface area contributed by atoms with Gasteiger partial charge in [0, 0.05) is 0 Å². The van der Waals surface area contributed by atoms with E-state index in [2.05, 4.69) is 4.99 Å². The van der Waals surface area contributed by atoms with Crippen molar-refractivity contribution in [2.24, 2.45) is 4.99 Å². The lowest BCUT2D eigenvalue weighted by molar-refractivity contribution is -0.336. The molecule has 1 N–H and O–H groups in total. The van der Waals surface area contributed by atoms with Crippen molar-refractivity contribution in [3.63, 3.8) is 0 Å². The van der Waals surface area contributed by atoms with Gasteiger partial charge in [0.05, 0.1) is 13.1 Å². The number of nitrogens with zero attached hydrogens (tertiary/aromatic N) is 1. The highest BCUT2D eigenvalue weighted by Crippen LogP contribution is 2.48. The monoisotopic (exact) mass is 356 g/mol. The van der Waals surface area contributed by atoms with Gasteiger partial charge in [-0.25, -0.2) is 18.6 Å². The topological polar surface area (TPSA) is 41.5 Å². The van der Waals surface area contributed by atoms with Crippen LogP contribution in [0.5, 0.6) is 0 Å². The van der Waals surface area contributed by atoms with Crippen molar-refractivity contribution in [1.29, 1.82) is 0 Å². The lowest BCUT2D eigenvalue weighted by Crippen LogP contribution is -2.60. The summed E-state index contributed by atoms with van der Waals surface area (Å²) in [6, 6.07) is 0. The third-order valence-corrected chi connectivity index (χ3v) is 2.94. The van der Waals surface area contributed by atoms with Crippen LogP contribution < -0.4 is 5.32 Å². The van der Waals surface area contributed by atoms with Crippen LogP contribution in [-0.2, 0) is 4.79 Å². The summed E-state index contributed by atoms with van der Waals surface area (Å²) in [5.41, 5.74) is 0. The second-order valence-corrected chi connectivity index (χ2v) is 4.77. The number of halogens is 8. The third kappa shape index (κ3) is 6.06. The number of carbonyl (C=O) groups excluding carboxylic acids is 1. The Bertz CT molecular complexity index is 397. The van der Waals surface area contributed by atoms with E-state index < -0.39 is 30.7 Å². The number of rotatable bonds is 12. The molecule has 0 rings (SSSR count). The lowest BCUT2D eigenvalue weighted by atomic mass is 10.0. The van der Waals surface area contributed by atoms with Crippen molar-refractivity contribution in [1.82, 2.24) is 5.32 Å². The van der Waals surface area contributed by atoms with Gasteiger partial charge in [-0.05, 0) is 19.4 Å². The van der Waals surface area contributed by atoms with Gasteiger partial charge in [0.25, 0.3) is 0 Å².